The lowest BCUT2D eigenvalue weighted by atomic mass is 9.97. The van der Waals surface area contributed by atoms with Crippen LogP contribution in [-0.4, -0.2) is 49.7 Å². The van der Waals surface area contributed by atoms with Crippen LogP contribution in [0.25, 0.3) is 0 Å². The zero-order valence-electron chi connectivity index (χ0n) is 10.5. The summed E-state index contributed by atoms with van der Waals surface area (Å²) in [6.07, 6.45) is 7.60. The second-order valence-corrected chi connectivity index (χ2v) is 3.68. The topological polar surface area (TPSA) is 55.8 Å². The first kappa shape index (κ1) is 14.2. The molecule has 1 fully saturated rings. The van der Waals surface area contributed by atoms with Crippen molar-refractivity contribution in [2.24, 2.45) is 0 Å². The van der Waals surface area contributed by atoms with Crippen molar-refractivity contribution in [2.75, 3.05) is 20.8 Å². The van der Waals surface area contributed by atoms with E-state index in [1.807, 2.05) is 6.08 Å². The van der Waals surface area contributed by atoms with Crippen LogP contribution in [0.2, 0.25) is 0 Å². The number of esters is 1. The Labute approximate surface area is 106 Å². The molecule has 0 N–H and O–H groups in total. The molecule has 0 aromatic heterocycles. The van der Waals surface area contributed by atoms with Crippen molar-refractivity contribution < 1.29 is 19.1 Å². The molecule has 1 saturated heterocycles. The Morgan fingerprint density at radius 3 is 2.78 bits per heavy atom. The summed E-state index contributed by atoms with van der Waals surface area (Å²) in [5.74, 6) is -0.545. The zero-order valence-corrected chi connectivity index (χ0v) is 10.5. The predicted octanol–water partition coefficient (Wildman–Crippen LogP) is 0.684. The van der Waals surface area contributed by atoms with Crippen LogP contribution in [-0.2, 0) is 19.1 Å². The van der Waals surface area contributed by atoms with E-state index in [-0.39, 0.29) is 11.9 Å². The monoisotopic (exact) mass is 251 g/mol. The fraction of sp³-hybridized carbons (Fsp3) is 0.385. The Balaban J connectivity index is 2.67. The molecule has 18 heavy (non-hydrogen) atoms. The third kappa shape index (κ3) is 3.07. The smallest absolute Gasteiger partial charge is 0.330 e. The Hall–Kier alpha value is -1.88. The molecule has 1 aliphatic rings. The lowest BCUT2D eigenvalue weighted by Gasteiger charge is -2.44. The van der Waals surface area contributed by atoms with E-state index in [9.17, 15) is 9.59 Å². The molecule has 0 radical (unpaired) electrons. The van der Waals surface area contributed by atoms with Crippen LogP contribution in [0.1, 0.15) is 0 Å². The number of nitrogens with zero attached hydrogens (tertiary/aromatic N) is 1. The molecule has 0 spiro atoms. The molecule has 1 rings (SSSR count). The number of hydrogen-bond donors (Lipinski definition) is 0. The zero-order chi connectivity index (χ0) is 13.5. The standard InChI is InChI=1S/C13H17NO4/c1-4-5-6-9-14-10(7-8-11(15)17-2)12(18-3)13(14)16/h4-8,10,12H,1,9H2,2-3H3/b6-5+,8-7-/t10-,12+/m0/s1. The largest absolute Gasteiger partial charge is 0.466 e. The lowest BCUT2D eigenvalue weighted by Crippen LogP contribution is -2.64. The van der Waals surface area contributed by atoms with Crippen molar-refractivity contribution in [3.05, 3.63) is 37.0 Å². The average Bonchev–Trinajstić information content (AvgIpc) is 2.38. The molecular formula is C13H17NO4. The molecule has 0 aromatic carbocycles. The van der Waals surface area contributed by atoms with Crippen molar-refractivity contribution in [1.82, 2.24) is 4.90 Å². The summed E-state index contributed by atoms with van der Waals surface area (Å²) >= 11 is 0. The van der Waals surface area contributed by atoms with Crippen LogP contribution in [0.4, 0.5) is 0 Å². The van der Waals surface area contributed by atoms with E-state index in [1.165, 1.54) is 20.3 Å². The van der Waals surface area contributed by atoms with Gasteiger partial charge >= 0.3 is 5.97 Å². The number of β-lactam (4-membered cyclic amide) rings is 1. The lowest BCUT2D eigenvalue weighted by molar-refractivity contribution is -0.164. The van der Waals surface area contributed by atoms with Gasteiger partial charge in [-0.3, -0.25) is 4.79 Å². The Kier molecular flexibility index (Phi) is 5.32. The third-order valence-electron chi connectivity index (χ3n) is 2.66. The number of hydrogen-bond acceptors (Lipinski definition) is 4. The van der Waals surface area contributed by atoms with Crippen LogP contribution in [0.5, 0.6) is 0 Å². The van der Waals surface area contributed by atoms with Gasteiger partial charge in [-0.05, 0) is 0 Å². The predicted molar refractivity (Wildman–Crippen MR) is 66.8 cm³/mol. The van der Waals surface area contributed by atoms with Gasteiger partial charge in [-0.2, -0.15) is 0 Å². The van der Waals surface area contributed by atoms with Crippen molar-refractivity contribution in [3.63, 3.8) is 0 Å². The maximum atomic E-state index is 11.7. The minimum atomic E-state index is -0.525. The molecule has 1 aliphatic heterocycles. The highest BCUT2D eigenvalue weighted by Gasteiger charge is 2.45. The highest BCUT2D eigenvalue weighted by Crippen LogP contribution is 2.23. The minimum Gasteiger partial charge on any atom is -0.466 e. The van der Waals surface area contributed by atoms with Crippen LogP contribution in [0, 0.1) is 0 Å². The van der Waals surface area contributed by atoms with E-state index in [4.69, 9.17) is 4.74 Å². The number of allylic oxidation sites excluding steroid dienone is 2. The van der Waals surface area contributed by atoms with Gasteiger partial charge in [0.05, 0.1) is 13.2 Å². The summed E-state index contributed by atoms with van der Waals surface area (Å²) in [4.78, 5) is 24.3. The van der Waals surface area contributed by atoms with E-state index < -0.39 is 12.1 Å². The fourth-order valence-corrected chi connectivity index (χ4v) is 1.71. The highest BCUT2D eigenvalue weighted by molar-refractivity contribution is 5.90. The van der Waals surface area contributed by atoms with Gasteiger partial charge in [-0.25, -0.2) is 4.79 Å². The molecule has 5 heteroatoms. The van der Waals surface area contributed by atoms with Gasteiger partial charge in [0.15, 0.2) is 6.10 Å². The minimum absolute atomic E-state index is 0.0919. The molecule has 0 saturated carbocycles. The number of carbonyl (C=O) groups is 2. The maximum absolute atomic E-state index is 11.7. The number of likely N-dealkylation sites (tertiary alicyclic amines) is 1. The molecular weight excluding hydrogens is 234 g/mol. The summed E-state index contributed by atoms with van der Waals surface area (Å²) in [5.41, 5.74) is 0. The highest BCUT2D eigenvalue weighted by atomic mass is 16.5. The first-order valence-electron chi connectivity index (χ1n) is 5.52. The normalized spacial score (nSPS) is 23.4. The maximum Gasteiger partial charge on any atom is 0.330 e. The summed E-state index contributed by atoms with van der Waals surface area (Å²) in [7, 11) is 2.77. The Morgan fingerprint density at radius 1 is 1.50 bits per heavy atom. The van der Waals surface area contributed by atoms with Gasteiger partial charge in [0.25, 0.3) is 5.91 Å². The van der Waals surface area contributed by atoms with Crippen molar-refractivity contribution >= 4 is 11.9 Å². The first-order chi connectivity index (χ1) is 8.65. The van der Waals surface area contributed by atoms with E-state index in [1.54, 1.807) is 23.1 Å². The van der Waals surface area contributed by atoms with Crippen molar-refractivity contribution in [1.29, 1.82) is 0 Å². The van der Waals surface area contributed by atoms with Gasteiger partial charge in [0.2, 0.25) is 0 Å². The fourth-order valence-electron chi connectivity index (χ4n) is 1.71. The van der Waals surface area contributed by atoms with E-state index >= 15 is 0 Å². The van der Waals surface area contributed by atoms with Gasteiger partial charge in [-0.15, -0.1) is 0 Å². The van der Waals surface area contributed by atoms with Crippen molar-refractivity contribution in [2.45, 2.75) is 12.1 Å². The van der Waals surface area contributed by atoms with Gasteiger partial charge in [0.1, 0.15) is 0 Å². The van der Waals surface area contributed by atoms with Crippen LogP contribution < -0.4 is 0 Å². The Bertz CT molecular complexity index is 386. The summed E-state index contributed by atoms with van der Waals surface area (Å²) in [5, 5.41) is 0. The van der Waals surface area contributed by atoms with E-state index in [0.717, 1.165) is 0 Å². The number of rotatable bonds is 6. The van der Waals surface area contributed by atoms with Crippen LogP contribution in [0.3, 0.4) is 0 Å². The average molecular weight is 251 g/mol. The molecule has 0 aliphatic carbocycles. The second-order valence-electron chi connectivity index (χ2n) is 3.68. The number of methoxy groups -OCH3 is 2. The quantitative estimate of drug-likeness (QED) is 0.301. The second kappa shape index (κ2) is 6.76. The molecule has 98 valence electrons. The van der Waals surface area contributed by atoms with Crippen LogP contribution in [0.15, 0.2) is 37.0 Å². The van der Waals surface area contributed by atoms with Crippen molar-refractivity contribution in [3.8, 4) is 0 Å². The van der Waals surface area contributed by atoms with E-state index in [0.29, 0.717) is 6.54 Å². The SMILES string of the molecule is C=C/C=C/CN1C(=O)[C@H](OC)[C@@H]1/C=C\C(=O)OC. The van der Waals surface area contributed by atoms with Gasteiger partial charge in [0, 0.05) is 19.7 Å². The molecule has 0 bridgehead atoms. The molecule has 1 amide bonds. The number of ether oxygens (including phenoxy) is 2. The van der Waals surface area contributed by atoms with Gasteiger partial charge in [-0.1, -0.05) is 30.9 Å². The first-order valence-corrected chi connectivity index (χ1v) is 5.52. The number of carbonyl (C=O) groups excluding carboxylic acids is 2. The Morgan fingerprint density at radius 2 is 2.22 bits per heavy atom. The summed E-state index contributed by atoms with van der Waals surface area (Å²) in [6.45, 7) is 4.01. The number of amides is 1. The molecule has 1 heterocycles. The van der Waals surface area contributed by atoms with E-state index in [2.05, 4.69) is 11.3 Å². The summed E-state index contributed by atoms with van der Waals surface area (Å²) in [6, 6.07) is -0.240. The molecule has 2 atom stereocenters. The van der Waals surface area contributed by atoms with Crippen LogP contribution >= 0.6 is 0 Å². The molecule has 0 unspecified atom stereocenters. The van der Waals surface area contributed by atoms with Gasteiger partial charge < -0.3 is 14.4 Å². The molecule has 5 nitrogen and oxygen atoms in total. The molecule has 0 aromatic rings. The third-order valence-corrected chi connectivity index (χ3v) is 2.66. The summed E-state index contributed by atoms with van der Waals surface area (Å²) < 4.78 is 9.58.